The maximum atomic E-state index is 11.8. The summed E-state index contributed by atoms with van der Waals surface area (Å²) in [5, 5.41) is 2.99. The largest absolute Gasteiger partial charge is 0.353 e. The predicted molar refractivity (Wildman–Crippen MR) is 70.7 cm³/mol. The predicted octanol–water partition coefficient (Wildman–Crippen LogP) is 0.960. The zero-order valence-corrected chi connectivity index (χ0v) is 11.4. The minimum Gasteiger partial charge on any atom is -0.353 e. The summed E-state index contributed by atoms with van der Waals surface area (Å²) >= 11 is 0. The van der Waals surface area contributed by atoms with Crippen molar-refractivity contribution in [3.05, 3.63) is 0 Å². The van der Waals surface area contributed by atoms with Gasteiger partial charge < -0.3 is 11.1 Å². The Kier molecular flexibility index (Phi) is 5.92. The van der Waals surface area contributed by atoms with E-state index in [9.17, 15) is 4.79 Å². The van der Waals surface area contributed by atoms with Gasteiger partial charge in [0.2, 0.25) is 5.91 Å². The van der Waals surface area contributed by atoms with Gasteiger partial charge in [0.05, 0.1) is 6.04 Å². The van der Waals surface area contributed by atoms with Crippen LogP contribution in [0.2, 0.25) is 0 Å². The first-order chi connectivity index (χ1) is 8.04. The smallest absolute Gasteiger partial charge is 0.236 e. The summed E-state index contributed by atoms with van der Waals surface area (Å²) in [5.41, 5.74) is 5.84. The first-order valence-electron chi connectivity index (χ1n) is 6.82. The Bertz CT molecular complexity index is 243. The highest BCUT2D eigenvalue weighted by Crippen LogP contribution is 2.15. The number of nitrogens with two attached hydrogens (primary N) is 1. The van der Waals surface area contributed by atoms with E-state index in [-0.39, 0.29) is 11.9 Å². The van der Waals surface area contributed by atoms with Gasteiger partial charge in [-0.15, -0.1) is 0 Å². The maximum absolute atomic E-state index is 11.8. The molecule has 3 N–H and O–H groups in total. The molecule has 1 heterocycles. The summed E-state index contributed by atoms with van der Waals surface area (Å²) in [5.74, 6) is 0.469. The second-order valence-electron chi connectivity index (χ2n) is 5.41. The molecule has 4 heteroatoms. The zero-order chi connectivity index (χ0) is 12.8. The number of hydrogen-bond acceptors (Lipinski definition) is 3. The third-order valence-corrected chi connectivity index (χ3v) is 3.48. The minimum absolute atomic E-state index is 0.00153. The molecule has 1 aliphatic heterocycles. The Balaban J connectivity index is 2.27. The Labute approximate surface area is 105 Å². The lowest BCUT2D eigenvalue weighted by molar-refractivity contribution is -0.122. The molecule has 0 radical (unpaired) electrons. The Morgan fingerprint density at radius 3 is 2.82 bits per heavy atom. The highest BCUT2D eigenvalue weighted by atomic mass is 16.2. The molecule has 1 aliphatic rings. The van der Waals surface area contributed by atoms with Crippen molar-refractivity contribution in [2.75, 3.05) is 19.6 Å². The van der Waals surface area contributed by atoms with Gasteiger partial charge >= 0.3 is 0 Å². The van der Waals surface area contributed by atoms with E-state index in [4.69, 9.17) is 5.73 Å². The monoisotopic (exact) mass is 241 g/mol. The molecule has 17 heavy (non-hydrogen) atoms. The molecule has 0 aromatic heterocycles. The van der Waals surface area contributed by atoms with Gasteiger partial charge in [-0.25, -0.2) is 0 Å². The van der Waals surface area contributed by atoms with E-state index in [1.54, 1.807) is 0 Å². The first-order valence-corrected chi connectivity index (χ1v) is 6.82. The molecule has 1 fully saturated rings. The van der Waals surface area contributed by atoms with Crippen molar-refractivity contribution in [2.45, 2.75) is 52.1 Å². The SMILES string of the molecule is CCN1CCCC1CNC(=O)[C@@H](N)CC(C)C. The Morgan fingerprint density at radius 1 is 1.53 bits per heavy atom. The number of nitrogens with one attached hydrogen (secondary N) is 1. The van der Waals surface area contributed by atoms with E-state index in [2.05, 4.69) is 31.0 Å². The average Bonchev–Trinajstić information content (AvgIpc) is 2.72. The summed E-state index contributed by atoms with van der Waals surface area (Å²) in [6, 6.07) is 0.154. The van der Waals surface area contributed by atoms with E-state index in [1.165, 1.54) is 12.8 Å². The molecule has 1 amide bonds. The Morgan fingerprint density at radius 2 is 2.24 bits per heavy atom. The molecular formula is C13H27N3O. The van der Waals surface area contributed by atoms with E-state index in [0.29, 0.717) is 12.0 Å². The van der Waals surface area contributed by atoms with E-state index < -0.39 is 0 Å². The van der Waals surface area contributed by atoms with Gasteiger partial charge in [0.15, 0.2) is 0 Å². The van der Waals surface area contributed by atoms with Crippen LogP contribution in [0.15, 0.2) is 0 Å². The van der Waals surface area contributed by atoms with Crippen LogP contribution < -0.4 is 11.1 Å². The quantitative estimate of drug-likeness (QED) is 0.728. The molecule has 0 aliphatic carbocycles. The van der Waals surface area contributed by atoms with Crippen molar-refractivity contribution in [3.63, 3.8) is 0 Å². The van der Waals surface area contributed by atoms with Gasteiger partial charge in [-0.2, -0.15) is 0 Å². The Hall–Kier alpha value is -0.610. The second-order valence-corrected chi connectivity index (χ2v) is 5.41. The molecule has 4 nitrogen and oxygen atoms in total. The first kappa shape index (κ1) is 14.5. The molecule has 2 atom stereocenters. The molecular weight excluding hydrogens is 214 g/mol. The third kappa shape index (κ3) is 4.64. The normalized spacial score (nSPS) is 23.0. The van der Waals surface area contributed by atoms with Crippen molar-refractivity contribution in [2.24, 2.45) is 11.7 Å². The number of likely N-dealkylation sites (tertiary alicyclic amines) is 1. The number of carbonyl (C=O) groups excluding carboxylic acids is 1. The van der Waals surface area contributed by atoms with Crippen LogP contribution in [0.25, 0.3) is 0 Å². The second kappa shape index (κ2) is 6.97. The number of nitrogens with zero attached hydrogens (tertiary/aromatic N) is 1. The summed E-state index contributed by atoms with van der Waals surface area (Å²) in [6.45, 7) is 9.32. The van der Waals surface area contributed by atoms with Gasteiger partial charge in [-0.1, -0.05) is 20.8 Å². The molecule has 0 aromatic carbocycles. The van der Waals surface area contributed by atoms with Crippen LogP contribution in [-0.2, 0) is 4.79 Å². The van der Waals surface area contributed by atoms with Crippen LogP contribution in [0, 0.1) is 5.92 Å². The molecule has 0 bridgehead atoms. The fourth-order valence-electron chi connectivity index (χ4n) is 2.51. The number of likely N-dealkylation sites (N-methyl/N-ethyl adjacent to an activating group) is 1. The van der Waals surface area contributed by atoms with Crippen LogP contribution in [0.4, 0.5) is 0 Å². The molecule has 0 spiro atoms. The molecule has 0 saturated carbocycles. The van der Waals surface area contributed by atoms with Crippen LogP contribution in [0.1, 0.15) is 40.0 Å². The lowest BCUT2D eigenvalue weighted by Gasteiger charge is -2.23. The van der Waals surface area contributed by atoms with Gasteiger partial charge in [-0.05, 0) is 38.3 Å². The van der Waals surface area contributed by atoms with Gasteiger partial charge in [0, 0.05) is 12.6 Å². The molecule has 1 rings (SSSR count). The number of hydrogen-bond donors (Lipinski definition) is 2. The average molecular weight is 241 g/mol. The van der Waals surface area contributed by atoms with Crippen molar-refractivity contribution in [3.8, 4) is 0 Å². The topological polar surface area (TPSA) is 58.4 Å². The summed E-state index contributed by atoms with van der Waals surface area (Å²) < 4.78 is 0. The van der Waals surface area contributed by atoms with Crippen molar-refractivity contribution in [1.29, 1.82) is 0 Å². The molecule has 100 valence electrons. The lowest BCUT2D eigenvalue weighted by Crippen LogP contribution is -2.46. The fraction of sp³-hybridized carbons (Fsp3) is 0.923. The maximum Gasteiger partial charge on any atom is 0.236 e. The standard InChI is InChI=1S/C13H27N3O/c1-4-16-7-5-6-11(16)9-15-13(17)12(14)8-10(2)3/h10-12H,4-9,14H2,1-3H3,(H,15,17)/t11?,12-/m0/s1. The zero-order valence-electron chi connectivity index (χ0n) is 11.4. The third-order valence-electron chi connectivity index (χ3n) is 3.48. The summed E-state index contributed by atoms with van der Waals surface area (Å²) in [4.78, 5) is 14.2. The molecule has 0 aromatic rings. The van der Waals surface area contributed by atoms with Crippen molar-refractivity contribution in [1.82, 2.24) is 10.2 Å². The highest BCUT2D eigenvalue weighted by molar-refractivity contribution is 5.81. The lowest BCUT2D eigenvalue weighted by atomic mass is 10.0. The number of carbonyl (C=O) groups is 1. The van der Waals surface area contributed by atoms with Crippen molar-refractivity contribution >= 4 is 5.91 Å². The van der Waals surface area contributed by atoms with Gasteiger partial charge in [-0.3, -0.25) is 9.69 Å². The molecule has 1 saturated heterocycles. The van der Waals surface area contributed by atoms with Crippen molar-refractivity contribution < 1.29 is 4.79 Å². The summed E-state index contributed by atoms with van der Waals surface area (Å²) in [7, 11) is 0. The minimum atomic E-state index is -0.355. The van der Waals surface area contributed by atoms with Crippen LogP contribution in [-0.4, -0.2) is 42.5 Å². The van der Waals surface area contributed by atoms with E-state index in [1.807, 2.05) is 0 Å². The summed E-state index contributed by atoms with van der Waals surface area (Å²) in [6.07, 6.45) is 3.19. The van der Waals surface area contributed by atoms with Crippen LogP contribution >= 0.6 is 0 Å². The molecule has 1 unspecified atom stereocenters. The van der Waals surface area contributed by atoms with Crippen LogP contribution in [0.3, 0.4) is 0 Å². The van der Waals surface area contributed by atoms with Gasteiger partial charge in [0.25, 0.3) is 0 Å². The fourth-order valence-corrected chi connectivity index (χ4v) is 2.51. The van der Waals surface area contributed by atoms with Crippen LogP contribution in [0.5, 0.6) is 0 Å². The van der Waals surface area contributed by atoms with E-state index >= 15 is 0 Å². The number of rotatable bonds is 6. The van der Waals surface area contributed by atoms with E-state index in [0.717, 1.165) is 26.1 Å². The number of amides is 1. The van der Waals surface area contributed by atoms with Gasteiger partial charge in [0.1, 0.15) is 0 Å². The highest BCUT2D eigenvalue weighted by Gasteiger charge is 2.24.